The first-order valence-corrected chi connectivity index (χ1v) is 8.81. The number of nitrogens with two attached hydrogens (primary N) is 1. The van der Waals surface area contributed by atoms with Crippen LogP contribution < -0.4 is 15.8 Å². The van der Waals surface area contributed by atoms with Gasteiger partial charge in [-0.05, 0) is 30.9 Å². The van der Waals surface area contributed by atoms with Gasteiger partial charge in [0.1, 0.15) is 5.00 Å². The highest BCUT2D eigenvalue weighted by Crippen LogP contribution is 2.23. The van der Waals surface area contributed by atoms with Crippen LogP contribution >= 0.6 is 11.5 Å². The first-order chi connectivity index (χ1) is 12.4. The number of carboxylic acid groups (broad SMARTS) is 1. The molecule has 1 saturated heterocycles. The van der Waals surface area contributed by atoms with Gasteiger partial charge in [-0.3, -0.25) is 4.79 Å². The van der Waals surface area contributed by atoms with Crippen LogP contribution in [-0.2, 0) is 0 Å². The lowest BCUT2D eigenvalue weighted by Gasteiger charge is -2.13. The van der Waals surface area contributed by atoms with Crippen LogP contribution in [0, 0.1) is 12.8 Å². The van der Waals surface area contributed by atoms with Crippen LogP contribution in [0.2, 0.25) is 0 Å². The molecule has 2 aromatic rings. The Morgan fingerprint density at radius 1 is 1.50 bits per heavy atom. The van der Waals surface area contributed by atoms with Gasteiger partial charge in [0.15, 0.2) is 0 Å². The molecule has 3 rings (SSSR count). The Hall–Kier alpha value is -2.88. The van der Waals surface area contributed by atoms with Crippen molar-refractivity contribution in [2.24, 2.45) is 5.92 Å². The lowest BCUT2D eigenvalue weighted by molar-refractivity contribution is 0.102. The van der Waals surface area contributed by atoms with E-state index in [1.807, 2.05) is 0 Å². The van der Waals surface area contributed by atoms with Crippen molar-refractivity contribution in [3.63, 3.8) is 0 Å². The number of aryl methyl sites for hydroxylation is 1. The minimum atomic E-state index is -0.901. The summed E-state index contributed by atoms with van der Waals surface area (Å²) in [6.45, 7) is 3.13. The van der Waals surface area contributed by atoms with Crippen molar-refractivity contribution in [2.45, 2.75) is 13.3 Å². The Morgan fingerprint density at radius 3 is 2.88 bits per heavy atom. The number of pyridine rings is 1. The lowest BCUT2D eigenvalue weighted by atomic mass is 10.1. The molecule has 0 spiro atoms. The fraction of sp³-hybridized carbons (Fsp3) is 0.375. The van der Waals surface area contributed by atoms with Crippen molar-refractivity contribution in [3.8, 4) is 5.88 Å². The highest BCUT2D eigenvalue weighted by atomic mass is 32.1. The van der Waals surface area contributed by atoms with Gasteiger partial charge in [0.2, 0.25) is 5.88 Å². The maximum Gasteiger partial charge on any atom is 0.407 e. The molecule has 138 valence electrons. The zero-order chi connectivity index (χ0) is 18.7. The standard InChI is InChI=1S/C16H19N5O4S/c1-9-13(14(17)26-20-9)15(22)19-11-2-3-12(18-6-11)25-8-10-4-5-21(7-10)16(23)24/h2-3,6,10H,4-5,7-8,17H2,1H3,(H,19,22)(H,23,24)/t10-/m1/s1. The zero-order valence-corrected chi connectivity index (χ0v) is 15.0. The Bertz CT molecular complexity index is 788. The predicted octanol–water partition coefficient (Wildman–Crippen LogP) is 2.06. The van der Waals surface area contributed by atoms with Crippen LogP contribution in [-0.4, -0.2) is 51.1 Å². The molecule has 0 aliphatic carbocycles. The molecule has 3 heterocycles. The SMILES string of the molecule is Cc1nsc(N)c1C(=O)Nc1ccc(OC[C@@H]2CCN(C(=O)O)C2)nc1. The van der Waals surface area contributed by atoms with Crippen LogP contribution in [0.5, 0.6) is 5.88 Å². The summed E-state index contributed by atoms with van der Waals surface area (Å²) >= 11 is 1.08. The summed E-state index contributed by atoms with van der Waals surface area (Å²) in [5.41, 5.74) is 7.25. The smallest absolute Gasteiger partial charge is 0.407 e. The van der Waals surface area contributed by atoms with Gasteiger partial charge >= 0.3 is 6.09 Å². The maximum absolute atomic E-state index is 12.3. The summed E-state index contributed by atoms with van der Waals surface area (Å²) in [5, 5.41) is 12.1. The van der Waals surface area contributed by atoms with Crippen LogP contribution in [0.25, 0.3) is 0 Å². The van der Waals surface area contributed by atoms with Crippen LogP contribution in [0.3, 0.4) is 0 Å². The van der Waals surface area contributed by atoms with E-state index in [0.717, 1.165) is 18.0 Å². The fourth-order valence-electron chi connectivity index (χ4n) is 2.74. The van der Waals surface area contributed by atoms with E-state index >= 15 is 0 Å². The number of hydrogen-bond donors (Lipinski definition) is 3. The number of carbonyl (C=O) groups is 2. The molecular weight excluding hydrogens is 358 g/mol. The largest absolute Gasteiger partial charge is 0.477 e. The molecule has 2 aromatic heterocycles. The third-order valence-electron chi connectivity index (χ3n) is 4.13. The van der Waals surface area contributed by atoms with E-state index in [1.54, 1.807) is 19.1 Å². The Kier molecular flexibility index (Phi) is 5.21. The third-order valence-corrected chi connectivity index (χ3v) is 4.90. The molecule has 2 amide bonds. The fourth-order valence-corrected chi connectivity index (χ4v) is 3.40. The molecule has 0 unspecified atom stereocenters. The second-order valence-corrected chi connectivity index (χ2v) is 6.85. The number of nitrogens with one attached hydrogen (secondary N) is 1. The number of anilines is 2. The molecule has 0 saturated carbocycles. The van der Waals surface area contributed by atoms with Gasteiger partial charge in [0, 0.05) is 25.1 Å². The van der Waals surface area contributed by atoms with Crippen molar-refractivity contribution in [3.05, 3.63) is 29.6 Å². The van der Waals surface area contributed by atoms with E-state index in [-0.39, 0.29) is 11.8 Å². The molecule has 26 heavy (non-hydrogen) atoms. The zero-order valence-electron chi connectivity index (χ0n) is 14.1. The number of carbonyl (C=O) groups excluding carboxylic acids is 1. The van der Waals surface area contributed by atoms with Crippen LogP contribution in [0.1, 0.15) is 22.5 Å². The van der Waals surface area contributed by atoms with Gasteiger partial charge in [0.25, 0.3) is 5.91 Å². The van der Waals surface area contributed by atoms with Gasteiger partial charge in [-0.25, -0.2) is 9.78 Å². The highest BCUT2D eigenvalue weighted by Gasteiger charge is 2.26. The Labute approximate surface area is 154 Å². The van der Waals surface area contributed by atoms with E-state index in [9.17, 15) is 9.59 Å². The molecule has 1 aliphatic heterocycles. The monoisotopic (exact) mass is 377 g/mol. The van der Waals surface area contributed by atoms with Crippen LogP contribution in [0.4, 0.5) is 15.5 Å². The minimum Gasteiger partial charge on any atom is -0.477 e. The second-order valence-electron chi connectivity index (χ2n) is 6.04. The number of nitrogens with zero attached hydrogens (tertiary/aromatic N) is 3. The second kappa shape index (κ2) is 7.56. The Morgan fingerprint density at radius 2 is 2.31 bits per heavy atom. The van der Waals surface area contributed by atoms with E-state index < -0.39 is 6.09 Å². The first-order valence-electron chi connectivity index (χ1n) is 8.04. The van der Waals surface area contributed by atoms with E-state index in [1.165, 1.54) is 11.1 Å². The summed E-state index contributed by atoms with van der Waals surface area (Å²) < 4.78 is 9.67. The van der Waals surface area contributed by atoms with Gasteiger partial charge in [-0.1, -0.05) is 0 Å². The Balaban J connectivity index is 1.52. The number of rotatable bonds is 5. The van der Waals surface area contributed by atoms with E-state index in [0.29, 0.717) is 47.5 Å². The summed E-state index contributed by atoms with van der Waals surface area (Å²) in [7, 11) is 0. The topological polar surface area (TPSA) is 131 Å². The summed E-state index contributed by atoms with van der Waals surface area (Å²) in [6.07, 6.45) is 1.37. The number of hydrogen-bond acceptors (Lipinski definition) is 7. The highest BCUT2D eigenvalue weighted by molar-refractivity contribution is 7.10. The molecule has 1 aliphatic rings. The normalized spacial score (nSPS) is 16.5. The maximum atomic E-state index is 12.3. The molecule has 1 fully saturated rings. The average molecular weight is 377 g/mol. The van der Waals surface area contributed by atoms with Crippen molar-refractivity contribution in [1.29, 1.82) is 0 Å². The quantitative estimate of drug-likeness (QED) is 0.727. The average Bonchev–Trinajstić information content (AvgIpc) is 3.21. The summed E-state index contributed by atoms with van der Waals surface area (Å²) in [4.78, 5) is 28.7. The lowest BCUT2D eigenvalue weighted by Crippen LogP contribution is -2.27. The summed E-state index contributed by atoms with van der Waals surface area (Å²) in [6, 6.07) is 3.34. The van der Waals surface area contributed by atoms with Gasteiger partial charge in [-0.15, -0.1) is 0 Å². The predicted molar refractivity (Wildman–Crippen MR) is 96.7 cm³/mol. The van der Waals surface area contributed by atoms with Crippen molar-refractivity contribution < 1.29 is 19.4 Å². The van der Waals surface area contributed by atoms with E-state index in [2.05, 4.69) is 14.7 Å². The number of amides is 2. The molecule has 10 heteroatoms. The molecule has 0 bridgehead atoms. The van der Waals surface area contributed by atoms with Crippen molar-refractivity contribution in [2.75, 3.05) is 30.7 Å². The molecule has 0 radical (unpaired) electrons. The molecule has 4 N–H and O–H groups in total. The molecular formula is C16H19N5O4S. The van der Waals surface area contributed by atoms with E-state index in [4.69, 9.17) is 15.6 Å². The third kappa shape index (κ3) is 4.02. The number of ether oxygens (including phenoxy) is 1. The number of nitrogen functional groups attached to an aromatic ring is 1. The van der Waals surface area contributed by atoms with Gasteiger partial charge in [-0.2, -0.15) is 4.37 Å². The van der Waals surface area contributed by atoms with Crippen molar-refractivity contribution in [1.82, 2.24) is 14.3 Å². The summed E-state index contributed by atoms with van der Waals surface area (Å²) in [5.74, 6) is 0.248. The van der Waals surface area contributed by atoms with Gasteiger partial charge in [0.05, 0.1) is 29.7 Å². The number of aromatic nitrogens is 2. The molecule has 1 atom stereocenters. The first kappa shape index (κ1) is 17.9. The molecule has 0 aromatic carbocycles. The number of likely N-dealkylation sites (tertiary alicyclic amines) is 1. The minimum absolute atomic E-state index is 0.157. The van der Waals surface area contributed by atoms with Crippen LogP contribution in [0.15, 0.2) is 18.3 Å². The van der Waals surface area contributed by atoms with Gasteiger partial charge < -0.3 is 25.8 Å². The van der Waals surface area contributed by atoms with Crippen molar-refractivity contribution >= 4 is 34.2 Å². The molecule has 9 nitrogen and oxygen atoms in total.